The van der Waals surface area contributed by atoms with Crippen LogP contribution in [-0.2, 0) is 0 Å². The summed E-state index contributed by atoms with van der Waals surface area (Å²) in [6.07, 6.45) is 0.617. The summed E-state index contributed by atoms with van der Waals surface area (Å²) >= 11 is 0. The summed E-state index contributed by atoms with van der Waals surface area (Å²) in [6.45, 7) is 3.65. The van der Waals surface area contributed by atoms with E-state index in [4.69, 9.17) is 5.21 Å². The second-order valence-corrected chi connectivity index (χ2v) is 2.05. The molecule has 0 amide bonds. The van der Waals surface area contributed by atoms with Crippen LogP contribution < -0.4 is 4.68 Å². The average Bonchev–Trinajstić information content (AvgIpc) is 2.40. The quantitative estimate of drug-likeness (QED) is 0.188. The lowest BCUT2D eigenvalue weighted by atomic mass is 10.4. The molecule has 0 saturated carbocycles. The van der Waals surface area contributed by atoms with Gasteiger partial charge in [0, 0.05) is 23.6 Å². The van der Waals surface area contributed by atoms with Crippen LogP contribution in [0, 0.1) is 6.92 Å². The molecule has 0 atom stereocenters. The smallest absolute Gasteiger partial charge is 0.272 e. The second-order valence-electron chi connectivity index (χ2n) is 2.05. The first-order valence-electron chi connectivity index (χ1n) is 3.30. The Balaban J connectivity index is 3.00. The Morgan fingerprint density at radius 3 is 2.91 bits per heavy atom. The molecule has 0 aliphatic heterocycles. The zero-order valence-corrected chi connectivity index (χ0v) is 6.44. The summed E-state index contributed by atoms with van der Waals surface area (Å²) in [6, 6.07) is 0. The number of aryl methyl sites for hydroxylation is 1. The number of tetrazole rings is 1. The van der Waals surface area contributed by atoms with E-state index < -0.39 is 0 Å². The molecule has 0 aliphatic rings. The van der Waals surface area contributed by atoms with E-state index in [1.54, 1.807) is 6.92 Å². The number of H-pyrrole nitrogens is 1. The molecular weight excluding hydrogens is 146 g/mol. The van der Waals surface area contributed by atoms with Gasteiger partial charge >= 0.3 is 0 Å². The first-order valence-corrected chi connectivity index (χ1v) is 3.30. The van der Waals surface area contributed by atoms with E-state index in [0.717, 1.165) is 0 Å². The highest BCUT2D eigenvalue weighted by Crippen LogP contribution is 1.81. The van der Waals surface area contributed by atoms with Crippen LogP contribution in [0.2, 0.25) is 0 Å². The van der Waals surface area contributed by atoms with Crippen molar-refractivity contribution >= 4 is 5.84 Å². The van der Waals surface area contributed by atoms with Crippen LogP contribution >= 0.6 is 0 Å². The van der Waals surface area contributed by atoms with Crippen molar-refractivity contribution < 1.29 is 9.89 Å². The van der Waals surface area contributed by atoms with Crippen LogP contribution in [0.4, 0.5) is 0 Å². The van der Waals surface area contributed by atoms with Crippen LogP contribution in [-0.4, -0.2) is 26.6 Å². The van der Waals surface area contributed by atoms with Crippen LogP contribution in [0.15, 0.2) is 5.16 Å². The van der Waals surface area contributed by atoms with E-state index in [1.165, 1.54) is 4.68 Å². The van der Waals surface area contributed by atoms with Gasteiger partial charge in [-0.25, -0.2) is 0 Å². The average molecular weight is 156 g/mol. The highest BCUT2D eigenvalue weighted by molar-refractivity contribution is 5.71. The summed E-state index contributed by atoms with van der Waals surface area (Å²) < 4.78 is 1.51. The van der Waals surface area contributed by atoms with Crippen LogP contribution in [0.5, 0.6) is 0 Å². The Bertz CT molecular complexity index is 266. The molecule has 0 spiro atoms. The Morgan fingerprint density at radius 2 is 2.55 bits per heavy atom. The highest BCUT2D eigenvalue weighted by Gasteiger charge is 2.12. The summed E-state index contributed by atoms with van der Waals surface area (Å²) in [5, 5.41) is 21.4. The zero-order valence-electron chi connectivity index (χ0n) is 6.44. The van der Waals surface area contributed by atoms with Crippen molar-refractivity contribution in [3.63, 3.8) is 0 Å². The van der Waals surface area contributed by atoms with Gasteiger partial charge in [0.1, 0.15) is 5.21 Å². The number of rotatable bonds is 1. The molecule has 6 nitrogen and oxygen atoms in total. The van der Waals surface area contributed by atoms with Gasteiger partial charge in [0.05, 0.1) is 0 Å². The molecule has 1 heterocycles. The number of hydrogen-bond donors (Lipinski definition) is 2. The fourth-order valence-electron chi connectivity index (χ4n) is 0.775. The third kappa shape index (κ3) is 1.34. The maximum atomic E-state index is 8.51. The van der Waals surface area contributed by atoms with Crippen LogP contribution in [0.25, 0.3) is 0 Å². The molecule has 1 rings (SSSR count). The molecule has 2 N–H and O–H groups in total. The van der Waals surface area contributed by atoms with Gasteiger partial charge in [-0.05, 0) is 0 Å². The minimum Gasteiger partial charge on any atom is -0.360 e. The van der Waals surface area contributed by atoms with Crippen molar-refractivity contribution in [2.24, 2.45) is 5.16 Å². The van der Waals surface area contributed by atoms with E-state index in [2.05, 4.69) is 20.7 Å². The predicted molar refractivity (Wildman–Crippen MR) is 36.2 cm³/mol. The SMILES string of the molecule is CC/C(=N/O)[n+]1[nH]nnc1C. The van der Waals surface area contributed by atoms with Gasteiger partial charge in [-0.1, -0.05) is 12.1 Å². The van der Waals surface area contributed by atoms with Gasteiger partial charge in [0.15, 0.2) is 0 Å². The van der Waals surface area contributed by atoms with Crippen molar-refractivity contribution in [3.8, 4) is 0 Å². The van der Waals surface area contributed by atoms with Crippen molar-refractivity contribution in [1.82, 2.24) is 15.5 Å². The van der Waals surface area contributed by atoms with Gasteiger partial charge in [-0.3, -0.25) is 0 Å². The molecule has 0 radical (unpaired) electrons. The summed E-state index contributed by atoms with van der Waals surface area (Å²) in [4.78, 5) is 0. The van der Waals surface area contributed by atoms with E-state index >= 15 is 0 Å². The van der Waals surface area contributed by atoms with E-state index in [9.17, 15) is 0 Å². The van der Waals surface area contributed by atoms with Crippen molar-refractivity contribution in [1.29, 1.82) is 0 Å². The van der Waals surface area contributed by atoms with Crippen molar-refractivity contribution in [2.75, 3.05) is 0 Å². The predicted octanol–water partition coefficient (Wildman–Crippen LogP) is -0.554. The number of aromatic nitrogens is 4. The Hall–Kier alpha value is -1.46. The van der Waals surface area contributed by atoms with Gasteiger partial charge in [0.2, 0.25) is 0 Å². The summed E-state index contributed by atoms with van der Waals surface area (Å²) in [5.74, 6) is 1.16. The zero-order chi connectivity index (χ0) is 8.27. The molecule has 0 aromatic carbocycles. The molecule has 1 aromatic heterocycles. The molecule has 11 heavy (non-hydrogen) atoms. The van der Waals surface area contributed by atoms with E-state index in [0.29, 0.717) is 18.1 Å². The molecule has 6 heteroatoms. The number of nitrogens with zero attached hydrogens (tertiary/aromatic N) is 4. The molecule has 0 saturated heterocycles. The van der Waals surface area contributed by atoms with Gasteiger partial charge < -0.3 is 5.21 Å². The molecule has 0 fully saturated rings. The molecule has 0 unspecified atom stereocenters. The Labute approximate surface area is 63.5 Å². The van der Waals surface area contributed by atoms with Crippen molar-refractivity contribution in [3.05, 3.63) is 5.82 Å². The number of hydrogen-bond acceptors (Lipinski definition) is 4. The molecule has 0 aliphatic carbocycles. The lowest BCUT2D eigenvalue weighted by molar-refractivity contribution is -0.632. The van der Waals surface area contributed by atoms with Crippen LogP contribution in [0.3, 0.4) is 0 Å². The van der Waals surface area contributed by atoms with Gasteiger partial charge in [-0.15, -0.1) is 4.68 Å². The number of aromatic amines is 1. The Kier molecular flexibility index (Phi) is 2.15. The summed E-state index contributed by atoms with van der Waals surface area (Å²) in [5.41, 5.74) is 0. The lowest BCUT2D eigenvalue weighted by Crippen LogP contribution is -2.46. The molecular formula is C5H10N5O+. The number of nitrogens with one attached hydrogen (secondary N) is 1. The standard InChI is InChI=1S/C5H9N5O/c1-3-5(7-11)10-4(2)6-8-9-10/h11H,3H2,1-2H3/p+1/b7-5-. The first-order chi connectivity index (χ1) is 5.29. The normalized spacial score (nSPS) is 12.0. The minimum atomic E-state index is 0.493. The third-order valence-electron chi connectivity index (χ3n) is 1.35. The fraction of sp³-hybridized carbons (Fsp3) is 0.600. The van der Waals surface area contributed by atoms with Gasteiger partial charge in [-0.2, -0.15) is 0 Å². The van der Waals surface area contributed by atoms with Crippen molar-refractivity contribution in [2.45, 2.75) is 20.3 Å². The highest BCUT2D eigenvalue weighted by atomic mass is 16.4. The third-order valence-corrected chi connectivity index (χ3v) is 1.35. The van der Waals surface area contributed by atoms with E-state index in [1.807, 2.05) is 6.92 Å². The topological polar surface area (TPSA) is 78.0 Å². The fourth-order valence-corrected chi connectivity index (χ4v) is 0.775. The molecule has 1 aromatic rings. The first kappa shape index (κ1) is 7.64. The molecule has 0 bridgehead atoms. The number of oxime groups is 1. The maximum absolute atomic E-state index is 8.51. The molecule has 60 valence electrons. The largest absolute Gasteiger partial charge is 0.360 e. The lowest BCUT2D eigenvalue weighted by Gasteiger charge is -1.92. The monoisotopic (exact) mass is 156 g/mol. The second kappa shape index (κ2) is 3.09. The van der Waals surface area contributed by atoms with Gasteiger partial charge in [0.25, 0.3) is 11.7 Å². The Morgan fingerprint density at radius 1 is 1.82 bits per heavy atom. The van der Waals surface area contributed by atoms with Crippen LogP contribution in [0.1, 0.15) is 19.2 Å². The van der Waals surface area contributed by atoms with E-state index in [-0.39, 0.29) is 0 Å². The summed E-state index contributed by atoms with van der Waals surface area (Å²) in [7, 11) is 0. The maximum Gasteiger partial charge on any atom is 0.272 e. The minimum absolute atomic E-state index is 0.493.